The van der Waals surface area contributed by atoms with E-state index in [1.807, 2.05) is 36.4 Å². The maximum absolute atomic E-state index is 12.6. The lowest BCUT2D eigenvalue weighted by molar-refractivity contribution is -0.122. The number of nitrogens with zero attached hydrogens (tertiary/aromatic N) is 1. The van der Waals surface area contributed by atoms with Crippen molar-refractivity contribution in [2.24, 2.45) is 5.92 Å². The van der Waals surface area contributed by atoms with E-state index in [-0.39, 0.29) is 24.5 Å². The first-order valence-electron chi connectivity index (χ1n) is 8.64. The van der Waals surface area contributed by atoms with Crippen LogP contribution < -0.4 is 10.1 Å². The molecule has 1 saturated carbocycles. The molecule has 5 nitrogen and oxygen atoms in total. The summed E-state index contributed by atoms with van der Waals surface area (Å²) in [6.07, 6.45) is 5.80. The highest BCUT2D eigenvalue weighted by Gasteiger charge is 2.34. The van der Waals surface area contributed by atoms with E-state index in [4.69, 9.17) is 4.74 Å². The van der Waals surface area contributed by atoms with Crippen LogP contribution >= 0.6 is 0 Å². The Balaban J connectivity index is 1.66. The molecule has 2 aromatic rings. The van der Waals surface area contributed by atoms with Crippen molar-refractivity contribution in [1.82, 2.24) is 10.3 Å². The zero-order valence-electron chi connectivity index (χ0n) is 14.4. The predicted molar refractivity (Wildman–Crippen MR) is 95.3 cm³/mol. The fourth-order valence-corrected chi connectivity index (χ4v) is 3.35. The SMILES string of the molecule is COc1ccccc1CC(=O)NC(Cc1ccncc1)C1CC(O)C1. The van der Waals surface area contributed by atoms with Crippen molar-refractivity contribution in [3.05, 3.63) is 59.9 Å². The van der Waals surface area contributed by atoms with Gasteiger partial charge >= 0.3 is 0 Å². The van der Waals surface area contributed by atoms with Crippen LogP contribution in [0.1, 0.15) is 24.0 Å². The molecule has 0 bridgehead atoms. The monoisotopic (exact) mass is 340 g/mol. The molecule has 0 aliphatic heterocycles. The Kier molecular flexibility index (Phi) is 5.66. The number of nitrogens with one attached hydrogen (secondary N) is 1. The van der Waals surface area contributed by atoms with Crippen molar-refractivity contribution in [2.45, 2.75) is 37.8 Å². The van der Waals surface area contributed by atoms with Gasteiger partial charge in [0.15, 0.2) is 0 Å². The normalized spacial score (nSPS) is 20.4. The highest BCUT2D eigenvalue weighted by Crippen LogP contribution is 2.32. The van der Waals surface area contributed by atoms with Crippen molar-refractivity contribution in [2.75, 3.05) is 7.11 Å². The second kappa shape index (κ2) is 8.12. The van der Waals surface area contributed by atoms with Crippen LogP contribution in [-0.4, -0.2) is 35.3 Å². The number of aliphatic hydroxyl groups excluding tert-OH is 1. The first kappa shape index (κ1) is 17.4. The molecule has 0 spiro atoms. The summed E-state index contributed by atoms with van der Waals surface area (Å²) in [5.41, 5.74) is 2.01. The lowest BCUT2D eigenvalue weighted by Gasteiger charge is -2.38. The summed E-state index contributed by atoms with van der Waals surface area (Å²) in [6.45, 7) is 0. The van der Waals surface area contributed by atoms with E-state index in [0.717, 1.165) is 36.1 Å². The predicted octanol–water partition coefficient (Wildman–Crippen LogP) is 2.13. The number of para-hydroxylation sites is 1. The number of hydrogen-bond donors (Lipinski definition) is 2. The molecule has 5 heteroatoms. The first-order chi connectivity index (χ1) is 12.2. The van der Waals surface area contributed by atoms with E-state index >= 15 is 0 Å². The van der Waals surface area contributed by atoms with Gasteiger partial charge in [-0.1, -0.05) is 18.2 Å². The largest absolute Gasteiger partial charge is 0.496 e. The Bertz CT molecular complexity index is 699. The molecule has 25 heavy (non-hydrogen) atoms. The van der Waals surface area contributed by atoms with Crippen LogP contribution in [0.2, 0.25) is 0 Å². The van der Waals surface area contributed by atoms with Gasteiger partial charge in [0.25, 0.3) is 0 Å². The van der Waals surface area contributed by atoms with Crippen LogP contribution in [-0.2, 0) is 17.6 Å². The van der Waals surface area contributed by atoms with Crippen LogP contribution in [0.5, 0.6) is 5.75 Å². The number of carbonyl (C=O) groups excluding carboxylic acids is 1. The third-order valence-electron chi connectivity index (χ3n) is 4.81. The molecule has 1 aromatic heterocycles. The summed E-state index contributed by atoms with van der Waals surface area (Å²) in [5, 5.41) is 12.8. The lowest BCUT2D eigenvalue weighted by atomic mass is 9.75. The number of hydrogen-bond acceptors (Lipinski definition) is 4. The molecule has 1 heterocycles. The minimum absolute atomic E-state index is 0.0213. The van der Waals surface area contributed by atoms with Gasteiger partial charge in [-0.3, -0.25) is 9.78 Å². The van der Waals surface area contributed by atoms with Crippen molar-refractivity contribution in [1.29, 1.82) is 0 Å². The topological polar surface area (TPSA) is 71.5 Å². The standard InChI is InChI=1S/C20H24N2O3/c1-25-19-5-3-2-4-15(19)13-20(24)22-18(16-11-17(23)12-16)10-14-6-8-21-9-7-14/h2-9,16-18,23H,10-13H2,1H3,(H,22,24). The number of rotatable bonds is 7. The number of carbonyl (C=O) groups is 1. The molecule has 1 aromatic carbocycles. The highest BCUT2D eigenvalue weighted by molar-refractivity contribution is 5.79. The van der Waals surface area contributed by atoms with Gasteiger partial charge in [0.1, 0.15) is 5.75 Å². The van der Waals surface area contributed by atoms with Gasteiger partial charge in [-0.05, 0) is 48.9 Å². The van der Waals surface area contributed by atoms with E-state index in [0.29, 0.717) is 5.92 Å². The highest BCUT2D eigenvalue weighted by atomic mass is 16.5. The molecule has 1 amide bonds. The van der Waals surface area contributed by atoms with Crippen molar-refractivity contribution in [3.63, 3.8) is 0 Å². The van der Waals surface area contributed by atoms with E-state index in [9.17, 15) is 9.90 Å². The Labute approximate surface area is 148 Å². The van der Waals surface area contributed by atoms with Crippen LogP contribution in [0.15, 0.2) is 48.8 Å². The van der Waals surface area contributed by atoms with Gasteiger partial charge in [-0.15, -0.1) is 0 Å². The van der Waals surface area contributed by atoms with E-state index in [2.05, 4.69) is 10.3 Å². The van der Waals surface area contributed by atoms with Gasteiger partial charge in [0.2, 0.25) is 5.91 Å². The molecular formula is C20H24N2O3. The van der Waals surface area contributed by atoms with Crippen LogP contribution in [0.25, 0.3) is 0 Å². The molecule has 0 radical (unpaired) electrons. The molecule has 1 unspecified atom stereocenters. The summed E-state index contributed by atoms with van der Waals surface area (Å²) >= 11 is 0. The Morgan fingerprint density at radius 3 is 2.68 bits per heavy atom. The minimum atomic E-state index is -0.240. The second-order valence-corrected chi connectivity index (χ2v) is 6.61. The number of benzene rings is 1. The summed E-state index contributed by atoms with van der Waals surface area (Å²) < 4.78 is 5.32. The minimum Gasteiger partial charge on any atom is -0.496 e. The number of aromatic nitrogens is 1. The third-order valence-corrected chi connectivity index (χ3v) is 4.81. The zero-order valence-corrected chi connectivity index (χ0v) is 14.4. The number of ether oxygens (including phenoxy) is 1. The Morgan fingerprint density at radius 1 is 1.28 bits per heavy atom. The number of methoxy groups -OCH3 is 1. The smallest absolute Gasteiger partial charge is 0.224 e. The fraction of sp³-hybridized carbons (Fsp3) is 0.400. The molecule has 1 aliphatic rings. The zero-order chi connectivity index (χ0) is 17.6. The van der Waals surface area contributed by atoms with Gasteiger partial charge in [0.05, 0.1) is 19.6 Å². The molecule has 1 aliphatic carbocycles. The van der Waals surface area contributed by atoms with Crippen LogP contribution in [0.4, 0.5) is 0 Å². The van der Waals surface area contributed by atoms with Crippen LogP contribution in [0, 0.1) is 5.92 Å². The third kappa shape index (κ3) is 4.57. The Morgan fingerprint density at radius 2 is 2.00 bits per heavy atom. The van der Waals surface area contributed by atoms with Crippen molar-refractivity contribution >= 4 is 5.91 Å². The van der Waals surface area contributed by atoms with E-state index in [1.54, 1.807) is 19.5 Å². The molecule has 3 rings (SSSR count). The maximum Gasteiger partial charge on any atom is 0.224 e. The quantitative estimate of drug-likeness (QED) is 0.810. The van der Waals surface area contributed by atoms with Crippen molar-refractivity contribution in [3.8, 4) is 5.75 Å². The number of pyridine rings is 1. The summed E-state index contributed by atoms with van der Waals surface area (Å²) in [5.74, 6) is 1.01. The summed E-state index contributed by atoms with van der Waals surface area (Å²) in [6, 6.07) is 11.5. The van der Waals surface area contributed by atoms with E-state index < -0.39 is 0 Å². The second-order valence-electron chi connectivity index (χ2n) is 6.61. The molecule has 1 atom stereocenters. The van der Waals surface area contributed by atoms with Gasteiger partial charge in [-0.2, -0.15) is 0 Å². The molecule has 132 valence electrons. The maximum atomic E-state index is 12.6. The number of aliphatic hydroxyl groups is 1. The van der Waals surface area contributed by atoms with Gasteiger partial charge < -0.3 is 15.2 Å². The average molecular weight is 340 g/mol. The Hall–Kier alpha value is -2.40. The first-order valence-corrected chi connectivity index (χ1v) is 8.64. The average Bonchev–Trinajstić information content (AvgIpc) is 2.60. The summed E-state index contributed by atoms with van der Waals surface area (Å²) in [4.78, 5) is 16.6. The number of amides is 1. The van der Waals surface area contributed by atoms with Gasteiger partial charge in [0, 0.05) is 24.0 Å². The lowest BCUT2D eigenvalue weighted by Crippen LogP contribution is -2.48. The van der Waals surface area contributed by atoms with Crippen molar-refractivity contribution < 1.29 is 14.6 Å². The van der Waals surface area contributed by atoms with Gasteiger partial charge in [-0.25, -0.2) is 0 Å². The fourth-order valence-electron chi connectivity index (χ4n) is 3.35. The van der Waals surface area contributed by atoms with Crippen LogP contribution in [0.3, 0.4) is 0 Å². The van der Waals surface area contributed by atoms with E-state index in [1.165, 1.54) is 0 Å². The molecule has 1 fully saturated rings. The molecule has 2 N–H and O–H groups in total. The molecular weight excluding hydrogens is 316 g/mol. The summed E-state index contributed by atoms with van der Waals surface area (Å²) in [7, 11) is 1.61. The molecule has 0 saturated heterocycles.